The summed E-state index contributed by atoms with van der Waals surface area (Å²) in [4.78, 5) is 14.5. The van der Waals surface area contributed by atoms with Crippen molar-refractivity contribution in [2.75, 3.05) is 0 Å². The Morgan fingerprint density at radius 1 is 1.43 bits per heavy atom. The molecule has 0 spiro atoms. The number of thiazole rings is 1. The highest BCUT2D eigenvalue weighted by Gasteiger charge is 2.19. The molecule has 1 heterocycles. The minimum absolute atomic E-state index is 0.00988. The van der Waals surface area contributed by atoms with Gasteiger partial charge in [-0.3, -0.25) is 10.1 Å². The van der Waals surface area contributed by atoms with Gasteiger partial charge in [-0.05, 0) is 18.6 Å². The number of aromatic nitrogens is 1. The third kappa shape index (κ3) is 4.33. The van der Waals surface area contributed by atoms with Crippen LogP contribution in [0.2, 0.25) is 0 Å². The van der Waals surface area contributed by atoms with Gasteiger partial charge in [0.05, 0.1) is 16.7 Å². The van der Waals surface area contributed by atoms with Crippen molar-refractivity contribution in [3.63, 3.8) is 0 Å². The maximum absolute atomic E-state index is 13.6. The number of nitro groups is 1. The van der Waals surface area contributed by atoms with Gasteiger partial charge in [-0.1, -0.05) is 26.8 Å². The highest BCUT2D eigenvalue weighted by molar-refractivity contribution is 7.09. The summed E-state index contributed by atoms with van der Waals surface area (Å²) in [6, 6.07) is 3.97. The number of nitrogens with zero attached hydrogens (tertiary/aromatic N) is 2. The Morgan fingerprint density at radius 3 is 2.65 bits per heavy atom. The number of nitrogens with one attached hydrogen (secondary N) is 1. The normalized spacial score (nSPS) is 13.1. The highest BCUT2D eigenvalue weighted by Crippen LogP contribution is 2.27. The summed E-state index contributed by atoms with van der Waals surface area (Å²) in [5.41, 5.74) is 1.22. The number of nitro benzene ring substituents is 1. The highest BCUT2D eigenvalue weighted by atomic mass is 32.1. The Labute approximate surface area is 138 Å². The zero-order chi connectivity index (χ0) is 17.2. The Morgan fingerprint density at radius 2 is 2.13 bits per heavy atom. The number of hydrogen-bond acceptors (Lipinski definition) is 5. The van der Waals surface area contributed by atoms with Crippen LogP contribution in [0.15, 0.2) is 23.6 Å². The number of hydrogen-bond donors (Lipinski definition) is 1. The van der Waals surface area contributed by atoms with Crippen LogP contribution < -0.4 is 5.32 Å². The third-order valence-corrected chi connectivity index (χ3v) is 4.51. The van der Waals surface area contributed by atoms with Crippen LogP contribution in [0, 0.1) is 15.9 Å². The second-order valence-corrected chi connectivity index (χ2v) is 7.36. The van der Waals surface area contributed by atoms with Gasteiger partial charge >= 0.3 is 5.69 Å². The molecule has 0 aliphatic carbocycles. The fraction of sp³-hybridized carbons (Fsp3) is 0.438. The van der Waals surface area contributed by atoms with Crippen LogP contribution in [0.3, 0.4) is 0 Å². The lowest BCUT2D eigenvalue weighted by atomic mass is 9.93. The van der Waals surface area contributed by atoms with Crippen molar-refractivity contribution in [2.45, 2.75) is 45.7 Å². The zero-order valence-corrected chi connectivity index (χ0v) is 14.4. The molecular formula is C16H20FN3O2S. The molecule has 0 amide bonds. The minimum Gasteiger partial charge on any atom is -0.304 e. The first kappa shape index (κ1) is 17.5. The molecule has 124 valence electrons. The van der Waals surface area contributed by atoms with Crippen molar-refractivity contribution in [3.05, 3.63) is 55.8 Å². The first-order valence-electron chi connectivity index (χ1n) is 7.30. The average molecular weight is 337 g/mol. The number of benzene rings is 1. The Kier molecular flexibility index (Phi) is 5.11. The van der Waals surface area contributed by atoms with Crippen molar-refractivity contribution < 1.29 is 9.31 Å². The largest absolute Gasteiger partial charge is 0.304 e. The molecule has 0 saturated heterocycles. The van der Waals surface area contributed by atoms with Crippen LogP contribution in [0.4, 0.5) is 10.1 Å². The summed E-state index contributed by atoms with van der Waals surface area (Å²) in [6.45, 7) is 8.75. The summed E-state index contributed by atoms with van der Waals surface area (Å²) in [7, 11) is 0. The molecule has 1 aromatic heterocycles. The van der Waals surface area contributed by atoms with Gasteiger partial charge in [0.15, 0.2) is 0 Å². The molecular weight excluding hydrogens is 317 g/mol. The summed E-state index contributed by atoms with van der Waals surface area (Å²) in [6.07, 6.45) is 0. The molecule has 0 saturated carbocycles. The maximum atomic E-state index is 13.6. The maximum Gasteiger partial charge on any atom is 0.304 e. The van der Waals surface area contributed by atoms with Crippen molar-refractivity contribution in [1.82, 2.24) is 10.3 Å². The average Bonchev–Trinajstić information content (AvgIpc) is 2.94. The molecule has 0 aliphatic heterocycles. The van der Waals surface area contributed by atoms with Gasteiger partial charge in [0.1, 0.15) is 5.01 Å². The van der Waals surface area contributed by atoms with Crippen LogP contribution in [0.1, 0.15) is 50.0 Å². The molecule has 2 rings (SSSR count). The first-order valence-corrected chi connectivity index (χ1v) is 8.18. The van der Waals surface area contributed by atoms with Crippen molar-refractivity contribution in [2.24, 2.45) is 0 Å². The molecule has 7 heteroatoms. The fourth-order valence-electron chi connectivity index (χ4n) is 2.00. The van der Waals surface area contributed by atoms with E-state index in [2.05, 4.69) is 36.5 Å². The lowest BCUT2D eigenvalue weighted by Gasteiger charge is -2.15. The molecule has 0 aliphatic rings. The van der Waals surface area contributed by atoms with Crippen molar-refractivity contribution in [1.29, 1.82) is 0 Å². The van der Waals surface area contributed by atoms with E-state index in [0.29, 0.717) is 12.1 Å². The van der Waals surface area contributed by atoms with E-state index in [1.165, 1.54) is 12.1 Å². The van der Waals surface area contributed by atoms with E-state index in [0.717, 1.165) is 10.7 Å². The van der Waals surface area contributed by atoms with Crippen LogP contribution in [-0.4, -0.2) is 9.91 Å². The minimum atomic E-state index is -0.814. The smallest absolute Gasteiger partial charge is 0.304 e. The number of halogens is 1. The second kappa shape index (κ2) is 6.72. The monoisotopic (exact) mass is 337 g/mol. The van der Waals surface area contributed by atoms with Crippen LogP contribution in [0.25, 0.3) is 0 Å². The van der Waals surface area contributed by atoms with E-state index >= 15 is 0 Å². The molecule has 1 aromatic carbocycles. The van der Waals surface area contributed by atoms with E-state index in [1.807, 2.05) is 6.92 Å². The Bertz CT molecular complexity index is 710. The van der Waals surface area contributed by atoms with Gasteiger partial charge < -0.3 is 5.32 Å². The van der Waals surface area contributed by atoms with Crippen LogP contribution >= 0.6 is 11.3 Å². The van der Waals surface area contributed by atoms with Gasteiger partial charge in [-0.25, -0.2) is 4.98 Å². The van der Waals surface area contributed by atoms with Crippen LogP contribution in [0.5, 0.6) is 0 Å². The molecule has 1 unspecified atom stereocenters. The molecule has 0 radical (unpaired) electrons. The van der Waals surface area contributed by atoms with E-state index < -0.39 is 16.4 Å². The van der Waals surface area contributed by atoms with Gasteiger partial charge in [0, 0.05) is 23.4 Å². The van der Waals surface area contributed by atoms with E-state index in [1.54, 1.807) is 17.4 Å². The molecule has 0 bridgehead atoms. The summed E-state index contributed by atoms with van der Waals surface area (Å²) in [5.74, 6) is -0.814. The van der Waals surface area contributed by atoms with E-state index in [4.69, 9.17) is 0 Å². The zero-order valence-electron chi connectivity index (χ0n) is 13.6. The Hall–Kier alpha value is -1.86. The lowest BCUT2D eigenvalue weighted by Crippen LogP contribution is -2.19. The molecule has 5 nitrogen and oxygen atoms in total. The first-order chi connectivity index (χ1) is 10.7. The lowest BCUT2D eigenvalue weighted by molar-refractivity contribution is -0.387. The summed E-state index contributed by atoms with van der Waals surface area (Å²) < 4.78 is 13.6. The number of rotatable bonds is 5. The van der Waals surface area contributed by atoms with Gasteiger partial charge in [0.2, 0.25) is 5.82 Å². The van der Waals surface area contributed by atoms with Gasteiger partial charge in [-0.2, -0.15) is 4.39 Å². The predicted octanol–water partition coefficient (Wildman–Crippen LogP) is 4.34. The fourth-order valence-corrected chi connectivity index (χ4v) is 3.07. The Balaban J connectivity index is 2.02. The van der Waals surface area contributed by atoms with Gasteiger partial charge in [-0.15, -0.1) is 11.3 Å². The van der Waals surface area contributed by atoms with Crippen molar-refractivity contribution >= 4 is 17.0 Å². The molecule has 1 atom stereocenters. The molecule has 23 heavy (non-hydrogen) atoms. The second-order valence-electron chi connectivity index (χ2n) is 6.47. The predicted molar refractivity (Wildman–Crippen MR) is 89.1 cm³/mol. The topological polar surface area (TPSA) is 68.1 Å². The summed E-state index contributed by atoms with van der Waals surface area (Å²) in [5, 5.41) is 16.9. The quantitative estimate of drug-likeness (QED) is 0.651. The SMILES string of the molecule is CC(NCc1ccc([N+](=O)[O-])c(F)c1)c1nc(C(C)(C)C)cs1. The van der Waals surface area contributed by atoms with E-state index in [9.17, 15) is 14.5 Å². The molecule has 2 aromatic rings. The standard InChI is InChI=1S/C16H20FN3O2S/c1-10(15-19-14(9-23-15)16(2,3)4)18-8-11-5-6-13(20(21)22)12(17)7-11/h5-7,9-10,18H,8H2,1-4H3. The van der Waals surface area contributed by atoms with Crippen LogP contribution in [-0.2, 0) is 12.0 Å². The third-order valence-electron chi connectivity index (χ3n) is 3.48. The molecule has 0 fully saturated rings. The summed E-state index contributed by atoms with van der Waals surface area (Å²) >= 11 is 1.59. The molecule has 1 N–H and O–H groups in total. The van der Waals surface area contributed by atoms with Gasteiger partial charge in [0.25, 0.3) is 0 Å². The van der Waals surface area contributed by atoms with Crippen molar-refractivity contribution in [3.8, 4) is 0 Å². The van der Waals surface area contributed by atoms with E-state index in [-0.39, 0.29) is 11.5 Å².